The van der Waals surface area contributed by atoms with Gasteiger partial charge < -0.3 is 0 Å². The number of hydrogen-bond acceptors (Lipinski definition) is 0. The zero-order valence-corrected chi connectivity index (χ0v) is 14.9. The lowest BCUT2D eigenvalue weighted by molar-refractivity contribution is 0.590. The van der Waals surface area contributed by atoms with Crippen molar-refractivity contribution in [2.45, 2.75) is 58.3 Å². The summed E-state index contributed by atoms with van der Waals surface area (Å²) in [6.07, 6.45) is 0. The van der Waals surface area contributed by atoms with E-state index in [2.05, 4.69) is 97.0 Å². The highest BCUT2D eigenvalue weighted by atomic mass is 14.2. The smallest absolute Gasteiger partial charge is 0.0580 e. The fourth-order valence-electron chi connectivity index (χ4n) is 2.62. The van der Waals surface area contributed by atoms with E-state index in [1.165, 1.54) is 22.3 Å². The fourth-order valence-corrected chi connectivity index (χ4v) is 2.62. The lowest BCUT2D eigenvalue weighted by atomic mass is 9.83. The Morgan fingerprint density at radius 3 is 1.09 bits per heavy atom. The number of benzene rings is 2. The van der Waals surface area contributed by atoms with Crippen LogP contribution in [0.1, 0.15) is 69.7 Å². The van der Waals surface area contributed by atoms with Crippen LogP contribution < -0.4 is 0 Å². The standard InChI is InChI=1S/C22H29/c1-16(17-8-12-19(13-9-17)21(2,3)4)18-10-14-20(15-11-18)22(5,6)7/h8-16H,1H2,2-7H3/q+1. The van der Waals surface area contributed by atoms with Gasteiger partial charge in [0.15, 0.2) is 0 Å². The van der Waals surface area contributed by atoms with Gasteiger partial charge in [0, 0.05) is 11.1 Å². The maximum atomic E-state index is 4.36. The van der Waals surface area contributed by atoms with Crippen molar-refractivity contribution in [2.75, 3.05) is 0 Å². The molecule has 0 aliphatic carbocycles. The van der Waals surface area contributed by atoms with Gasteiger partial charge in [-0.2, -0.15) is 0 Å². The van der Waals surface area contributed by atoms with E-state index < -0.39 is 0 Å². The molecule has 0 bridgehead atoms. The van der Waals surface area contributed by atoms with Crippen LogP contribution in [0.3, 0.4) is 0 Å². The molecule has 0 aliphatic rings. The summed E-state index contributed by atoms with van der Waals surface area (Å²) in [5, 5.41) is 0. The van der Waals surface area contributed by atoms with Crippen molar-refractivity contribution in [2.24, 2.45) is 0 Å². The van der Waals surface area contributed by atoms with E-state index in [9.17, 15) is 0 Å². The Morgan fingerprint density at radius 1 is 0.591 bits per heavy atom. The first kappa shape index (κ1) is 16.7. The summed E-state index contributed by atoms with van der Waals surface area (Å²) in [6, 6.07) is 17.8. The lowest BCUT2D eigenvalue weighted by Crippen LogP contribution is -2.11. The van der Waals surface area contributed by atoms with Crippen molar-refractivity contribution in [1.82, 2.24) is 0 Å². The van der Waals surface area contributed by atoms with Gasteiger partial charge in [-0.1, -0.05) is 90.1 Å². The molecule has 0 heteroatoms. The van der Waals surface area contributed by atoms with E-state index in [1.54, 1.807) is 0 Å². The average Bonchev–Trinajstić information content (AvgIpc) is 2.45. The molecule has 0 amide bonds. The van der Waals surface area contributed by atoms with Crippen molar-refractivity contribution in [3.63, 3.8) is 0 Å². The molecule has 0 atom stereocenters. The molecule has 2 aromatic carbocycles. The molecular formula is C22H29+. The van der Waals surface area contributed by atoms with Crippen LogP contribution in [-0.2, 0) is 10.8 Å². The van der Waals surface area contributed by atoms with Gasteiger partial charge in [-0.15, -0.1) is 0 Å². The molecule has 2 aromatic rings. The Labute approximate surface area is 136 Å². The second kappa shape index (κ2) is 5.83. The van der Waals surface area contributed by atoms with Gasteiger partial charge >= 0.3 is 0 Å². The molecule has 0 saturated carbocycles. The van der Waals surface area contributed by atoms with E-state index >= 15 is 0 Å². The van der Waals surface area contributed by atoms with Crippen molar-refractivity contribution in [3.05, 3.63) is 77.7 Å². The van der Waals surface area contributed by atoms with Crippen molar-refractivity contribution in [3.8, 4) is 0 Å². The summed E-state index contributed by atoms with van der Waals surface area (Å²) in [6.45, 7) is 17.8. The minimum Gasteiger partial charge on any atom is -0.0580 e. The Balaban J connectivity index is 2.23. The summed E-state index contributed by atoms with van der Waals surface area (Å²) < 4.78 is 0. The maximum absolute atomic E-state index is 4.36. The minimum absolute atomic E-state index is 0.183. The normalized spacial score (nSPS) is 12.7. The highest BCUT2D eigenvalue weighted by molar-refractivity contribution is 5.38. The van der Waals surface area contributed by atoms with Gasteiger partial charge in [-0.05, 0) is 22.0 Å². The highest BCUT2D eigenvalue weighted by Crippen LogP contribution is 2.29. The Bertz CT molecular complexity index is 544. The van der Waals surface area contributed by atoms with E-state index in [0.29, 0.717) is 0 Å². The summed E-state index contributed by atoms with van der Waals surface area (Å²) in [5.41, 5.74) is 5.68. The van der Waals surface area contributed by atoms with Crippen LogP contribution in [-0.4, -0.2) is 0 Å². The van der Waals surface area contributed by atoms with Gasteiger partial charge in [-0.25, -0.2) is 0 Å². The molecule has 116 valence electrons. The molecule has 2 rings (SSSR count). The molecule has 0 spiro atoms. The molecule has 0 fully saturated rings. The first-order valence-electron chi connectivity index (χ1n) is 8.13. The predicted octanol–water partition coefficient (Wildman–Crippen LogP) is 6.25. The molecule has 0 N–H and O–H groups in total. The second-order valence-electron chi connectivity index (χ2n) is 8.30. The second-order valence-corrected chi connectivity index (χ2v) is 8.30. The van der Waals surface area contributed by atoms with Crippen LogP contribution in [0.5, 0.6) is 0 Å². The van der Waals surface area contributed by atoms with Crippen LogP contribution in [0.4, 0.5) is 0 Å². The largest absolute Gasteiger partial charge is 0.145 e. The van der Waals surface area contributed by atoms with E-state index in [1.807, 2.05) is 0 Å². The van der Waals surface area contributed by atoms with Gasteiger partial charge in [0.2, 0.25) is 0 Å². The zero-order chi connectivity index (χ0) is 16.5. The molecule has 22 heavy (non-hydrogen) atoms. The Hall–Kier alpha value is -1.69. The van der Waals surface area contributed by atoms with Crippen molar-refractivity contribution in [1.29, 1.82) is 0 Å². The van der Waals surface area contributed by atoms with Crippen LogP contribution in [0, 0.1) is 6.92 Å². The highest BCUT2D eigenvalue weighted by Gasteiger charge is 2.19. The monoisotopic (exact) mass is 293 g/mol. The molecule has 0 radical (unpaired) electrons. The van der Waals surface area contributed by atoms with E-state index in [-0.39, 0.29) is 16.7 Å². The SMILES string of the molecule is [CH2+]C(c1ccc(C(C)(C)C)cc1)c1ccc(C(C)(C)C)cc1. The fraction of sp³-hybridized carbons (Fsp3) is 0.409. The third kappa shape index (κ3) is 3.74. The summed E-state index contributed by atoms with van der Waals surface area (Å²) in [5.74, 6) is 0.183. The van der Waals surface area contributed by atoms with E-state index in [0.717, 1.165) is 0 Å². The number of hydrogen-bond donors (Lipinski definition) is 0. The summed E-state index contributed by atoms with van der Waals surface area (Å²) >= 11 is 0. The summed E-state index contributed by atoms with van der Waals surface area (Å²) in [7, 11) is 0. The third-order valence-corrected chi connectivity index (χ3v) is 4.36. The quantitative estimate of drug-likeness (QED) is 0.574. The molecule has 0 aromatic heterocycles. The summed E-state index contributed by atoms with van der Waals surface area (Å²) in [4.78, 5) is 0. The Kier molecular flexibility index (Phi) is 4.42. The average molecular weight is 293 g/mol. The lowest BCUT2D eigenvalue weighted by Gasteiger charge is -2.20. The van der Waals surface area contributed by atoms with Crippen LogP contribution in [0.2, 0.25) is 0 Å². The Morgan fingerprint density at radius 2 is 0.864 bits per heavy atom. The predicted molar refractivity (Wildman–Crippen MR) is 97.5 cm³/mol. The van der Waals surface area contributed by atoms with Gasteiger partial charge in [0.05, 0.1) is 6.92 Å². The molecular weight excluding hydrogens is 264 g/mol. The molecule has 0 heterocycles. The topological polar surface area (TPSA) is 0 Å². The maximum Gasteiger partial charge on any atom is 0.145 e. The molecule has 0 unspecified atom stereocenters. The van der Waals surface area contributed by atoms with Crippen molar-refractivity contribution < 1.29 is 0 Å². The zero-order valence-electron chi connectivity index (χ0n) is 14.9. The first-order chi connectivity index (χ1) is 10.1. The molecule has 0 aliphatic heterocycles. The molecule has 0 nitrogen and oxygen atoms in total. The van der Waals surface area contributed by atoms with Gasteiger partial charge in [0.1, 0.15) is 5.92 Å². The first-order valence-corrected chi connectivity index (χ1v) is 8.13. The number of rotatable bonds is 2. The van der Waals surface area contributed by atoms with E-state index in [4.69, 9.17) is 0 Å². The molecule has 0 saturated heterocycles. The van der Waals surface area contributed by atoms with Crippen LogP contribution >= 0.6 is 0 Å². The third-order valence-electron chi connectivity index (χ3n) is 4.36. The van der Waals surface area contributed by atoms with Gasteiger partial charge in [0.25, 0.3) is 0 Å². The van der Waals surface area contributed by atoms with Crippen LogP contribution in [0.25, 0.3) is 0 Å². The van der Waals surface area contributed by atoms with Crippen molar-refractivity contribution >= 4 is 0 Å². The van der Waals surface area contributed by atoms with Crippen LogP contribution in [0.15, 0.2) is 48.5 Å². The van der Waals surface area contributed by atoms with Gasteiger partial charge in [-0.3, -0.25) is 0 Å². The minimum atomic E-state index is 0.183.